The topological polar surface area (TPSA) is 60.9 Å². The van der Waals surface area contributed by atoms with E-state index >= 15 is 0 Å². The van der Waals surface area contributed by atoms with Crippen molar-refractivity contribution >= 4 is 17.7 Å². The van der Waals surface area contributed by atoms with E-state index in [4.69, 9.17) is 11.5 Å². The Labute approximate surface area is 118 Å². The van der Waals surface area contributed by atoms with E-state index in [2.05, 4.69) is 5.92 Å². The number of carboxylic acids is 1. The Hall–Kier alpha value is -2.48. The second-order valence-electron chi connectivity index (χ2n) is 4.32. The van der Waals surface area contributed by atoms with Gasteiger partial charge in [0, 0.05) is 12.2 Å². The van der Waals surface area contributed by atoms with Crippen LogP contribution in [0.25, 0.3) is 0 Å². The van der Waals surface area contributed by atoms with Crippen molar-refractivity contribution in [2.24, 2.45) is 0 Å². The van der Waals surface area contributed by atoms with Gasteiger partial charge in [0.2, 0.25) is 0 Å². The van der Waals surface area contributed by atoms with Gasteiger partial charge in [-0.25, -0.2) is 4.79 Å². The first-order valence-electron chi connectivity index (χ1n) is 6.28. The minimum Gasteiger partial charge on any atom is -0.480 e. The molecule has 20 heavy (non-hydrogen) atoms. The van der Waals surface area contributed by atoms with Crippen molar-refractivity contribution in [1.29, 1.82) is 0 Å². The number of urea groups is 1. The summed E-state index contributed by atoms with van der Waals surface area (Å²) in [5.41, 5.74) is 1.57. The van der Waals surface area contributed by atoms with Crippen LogP contribution in [-0.2, 0) is 4.79 Å². The summed E-state index contributed by atoms with van der Waals surface area (Å²) in [4.78, 5) is 26.0. The minimum absolute atomic E-state index is 0.150. The average Bonchev–Trinajstić information content (AvgIpc) is 2.42. The highest BCUT2D eigenvalue weighted by molar-refractivity contribution is 5.96. The molecule has 0 aliphatic carbocycles. The number of carbonyl (C=O) groups excluding carboxylic acids is 1. The zero-order valence-corrected chi connectivity index (χ0v) is 11.7. The maximum Gasteiger partial charge on any atom is 0.325 e. The number of terminal acetylenes is 1. The molecule has 1 aromatic carbocycles. The molecular weight excluding hydrogens is 256 g/mol. The van der Waals surface area contributed by atoms with Crippen LogP contribution in [0.15, 0.2) is 24.3 Å². The summed E-state index contributed by atoms with van der Waals surface area (Å²) in [6, 6.07) is 6.70. The van der Waals surface area contributed by atoms with Gasteiger partial charge in [0.25, 0.3) is 0 Å². The third-order valence-corrected chi connectivity index (χ3v) is 2.80. The zero-order valence-electron chi connectivity index (χ0n) is 11.7. The Morgan fingerprint density at radius 1 is 1.30 bits per heavy atom. The smallest absolute Gasteiger partial charge is 0.325 e. The van der Waals surface area contributed by atoms with Gasteiger partial charge in [-0.05, 0) is 26.0 Å². The Bertz CT molecular complexity index is 517. The molecule has 1 rings (SSSR count). The number of hydrogen-bond donors (Lipinski definition) is 1. The zero-order chi connectivity index (χ0) is 15.1. The van der Waals surface area contributed by atoms with Crippen LogP contribution in [0.3, 0.4) is 0 Å². The molecule has 0 bridgehead atoms. The first kappa shape index (κ1) is 15.6. The van der Waals surface area contributed by atoms with Crippen molar-refractivity contribution < 1.29 is 14.7 Å². The molecule has 2 amide bonds. The van der Waals surface area contributed by atoms with Crippen LogP contribution in [0.4, 0.5) is 10.5 Å². The number of benzene rings is 1. The number of hydrogen-bond acceptors (Lipinski definition) is 2. The molecule has 1 N–H and O–H groups in total. The van der Waals surface area contributed by atoms with E-state index < -0.39 is 18.5 Å². The highest BCUT2D eigenvalue weighted by Gasteiger charge is 2.23. The second-order valence-corrected chi connectivity index (χ2v) is 4.32. The number of carbonyl (C=O) groups is 2. The molecule has 106 valence electrons. The summed E-state index contributed by atoms with van der Waals surface area (Å²) in [6.07, 6.45) is 5.22. The van der Waals surface area contributed by atoms with Gasteiger partial charge in [-0.15, -0.1) is 6.42 Å². The van der Waals surface area contributed by atoms with Crippen LogP contribution < -0.4 is 4.90 Å². The third-order valence-electron chi connectivity index (χ3n) is 2.80. The van der Waals surface area contributed by atoms with Crippen LogP contribution in [0.1, 0.15) is 12.5 Å². The van der Waals surface area contributed by atoms with E-state index in [1.165, 1.54) is 9.80 Å². The monoisotopic (exact) mass is 274 g/mol. The first-order chi connectivity index (χ1) is 9.49. The van der Waals surface area contributed by atoms with Gasteiger partial charge < -0.3 is 10.0 Å². The summed E-state index contributed by atoms with van der Waals surface area (Å²) in [5.74, 6) is 1.33. The SMILES string of the molecule is C#CCN(CC)C(=O)N(CC(=O)O)c1ccc(C)cc1. The van der Waals surface area contributed by atoms with Gasteiger partial charge in [0.1, 0.15) is 6.54 Å². The molecule has 0 heterocycles. The fraction of sp³-hybridized carbons (Fsp3) is 0.333. The Morgan fingerprint density at radius 3 is 2.35 bits per heavy atom. The molecule has 0 fully saturated rings. The number of anilines is 1. The van der Waals surface area contributed by atoms with E-state index in [1.807, 2.05) is 19.1 Å². The molecule has 0 radical (unpaired) electrons. The van der Waals surface area contributed by atoms with Gasteiger partial charge in [-0.2, -0.15) is 0 Å². The Balaban J connectivity index is 3.05. The van der Waals surface area contributed by atoms with Gasteiger partial charge in [-0.3, -0.25) is 9.69 Å². The van der Waals surface area contributed by atoms with Crippen LogP contribution in [0, 0.1) is 19.3 Å². The summed E-state index contributed by atoms with van der Waals surface area (Å²) in [6.45, 7) is 3.89. The van der Waals surface area contributed by atoms with E-state index in [0.717, 1.165) is 5.56 Å². The molecule has 5 nitrogen and oxygen atoms in total. The maximum atomic E-state index is 12.4. The van der Waals surface area contributed by atoms with E-state index in [9.17, 15) is 9.59 Å². The summed E-state index contributed by atoms with van der Waals surface area (Å²) in [7, 11) is 0. The molecule has 0 aliphatic heterocycles. The fourth-order valence-electron chi connectivity index (χ4n) is 1.72. The lowest BCUT2D eigenvalue weighted by Crippen LogP contribution is -2.45. The lowest BCUT2D eigenvalue weighted by atomic mass is 10.2. The summed E-state index contributed by atoms with van der Waals surface area (Å²) >= 11 is 0. The largest absolute Gasteiger partial charge is 0.480 e. The number of rotatable bonds is 5. The number of nitrogens with zero attached hydrogens (tertiary/aromatic N) is 2. The summed E-state index contributed by atoms with van der Waals surface area (Å²) in [5, 5.41) is 8.98. The molecular formula is C15H18N2O3. The van der Waals surface area contributed by atoms with E-state index in [-0.39, 0.29) is 6.54 Å². The third kappa shape index (κ3) is 4.02. The molecule has 0 saturated heterocycles. The number of aliphatic carboxylic acids is 1. The predicted molar refractivity (Wildman–Crippen MR) is 77.6 cm³/mol. The molecule has 0 saturated carbocycles. The van der Waals surface area contributed by atoms with Crippen molar-refractivity contribution in [2.45, 2.75) is 13.8 Å². The number of aryl methyl sites for hydroxylation is 1. The molecule has 1 aromatic rings. The highest BCUT2D eigenvalue weighted by Crippen LogP contribution is 2.17. The lowest BCUT2D eigenvalue weighted by Gasteiger charge is -2.27. The minimum atomic E-state index is -1.07. The van der Waals surface area contributed by atoms with Crippen molar-refractivity contribution in [3.63, 3.8) is 0 Å². The molecule has 0 unspecified atom stereocenters. The molecule has 0 aliphatic rings. The van der Waals surface area contributed by atoms with Crippen LogP contribution >= 0.6 is 0 Å². The second kappa shape index (κ2) is 7.19. The highest BCUT2D eigenvalue weighted by atomic mass is 16.4. The van der Waals surface area contributed by atoms with Crippen LogP contribution in [0.2, 0.25) is 0 Å². The van der Waals surface area contributed by atoms with Gasteiger partial charge >= 0.3 is 12.0 Å². The Kier molecular flexibility index (Phi) is 5.60. The normalized spacial score (nSPS) is 9.65. The average molecular weight is 274 g/mol. The maximum absolute atomic E-state index is 12.4. The van der Waals surface area contributed by atoms with E-state index in [1.54, 1.807) is 19.1 Å². The standard InChI is InChI=1S/C15H18N2O3/c1-4-10-16(5-2)15(20)17(11-14(18)19)13-8-6-12(3)7-9-13/h1,6-9H,5,10-11H2,2-3H3,(H,18,19). The molecule has 0 atom stereocenters. The van der Waals surface area contributed by atoms with Gasteiger partial charge in [-0.1, -0.05) is 23.6 Å². The van der Waals surface area contributed by atoms with Crippen molar-refractivity contribution in [1.82, 2.24) is 4.90 Å². The fourth-order valence-corrected chi connectivity index (χ4v) is 1.72. The Morgan fingerprint density at radius 2 is 1.90 bits per heavy atom. The van der Waals surface area contributed by atoms with Crippen molar-refractivity contribution in [3.05, 3.63) is 29.8 Å². The number of carboxylic acid groups (broad SMARTS) is 1. The predicted octanol–water partition coefficient (Wildman–Crippen LogP) is 1.96. The van der Waals surface area contributed by atoms with Gasteiger partial charge in [0.05, 0.1) is 6.54 Å². The van der Waals surface area contributed by atoms with Crippen LogP contribution in [-0.4, -0.2) is 41.6 Å². The molecule has 0 spiro atoms. The van der Waals surface area contributed by atoms with Crippen molar-refractivity contribution in [3.8, 4) is 12.3 Å². The summed E-state index contributed by atoms with van der Waals surface area (Å²) < 4.78 is 0. The van der Waals surface area contributed by atoms with Crippen LogP contribution in [0.5, 0.6) is 0 Å². The quantitative estimate of drug-likeness (QED) is 0.835. The molecule has 5 heteroatoms. The van der Waals surface area contributed by atoms with Gasteiger partial charge in [0.15, 0.2) is 0 Å². The lowest BCUT2D eigenvalue weighted by molar-refractivity contribution is -0.135. The number of amides is 2. The van der Waals surface area contributed by atoms with Crippen molar-refractivity contribution in [2.75, 3.05) is 24.5 Å². The first-order valence-corrected chi connectivity index (χ1v) is 6.28. The van der Waals surface area contributed by atoms with E-state index in [0.29, 0.717) is 12.2 Å². The molecule has 0 aromatic heterocycles.